The molecule has 0 atom stereocenters. The van der Waals surface area contributed by atoms with Crippen LogP contribution >= 0.6 is 35.3 Å². The van der Waals surface area contributed by atoms with Crippen molar-refractivity contribution in [2.24, 2.45) is 10.7 Å². The van der Waals surface area contributed by atoms with E-state index in [1.54, 1.807) is 6.07 Å². The van der Waals surface area contributed by atoms with Crippen LogP contribution in [0.1, 0.15) is 38.5 Å². The zero-order chi connectivity index (χ0) is 17.3. The van der Waals surface area contributed by atoms with E-state index >= 15 is 0 Å². The van der Waals surface area contributed by atoms with E-state index in [1.807, 2.05) is 19.9 Å². The third-order valence-corrected chi connectivity index (χ3v) is 7.07. The highest BCUT2D eigenvalue weighted by molar-refractivity contribution is 14.0. The van der Waals surface area contributed by atoms with E-state index < -0.39 is 10.0 Å². The number of hydrogen-bond donors (Lipinski definition) is 2. The molecule has 1 aromatic rings. The summed E-state index contributed by atoms with van der Waals surface area (Å²) in [5, 5.41) is 3.06. The Labute approximate surface area is 167 Å². The lowest BCUT2D eigenvalue weighted by atomic mass is 10.3. The fourth-order valence-electron chi connectivity index (χ4n) is 2.05. The average Bonchev–Trinajstić information content (AvgIpc) is 2.98. The minimum absolute atomic E-state index is 0. The molecule has 24 heavy (non-hydrogen) atoms. The summed E-state index contributed by atoms with van der Waals surface area (Å²) in [4.78, 5) is 5.24. The molecule has 0 aliphatic rings. The Bertz CT molecular complexity index is 598. The lowest BCUT2D eigenvalue weighted by Gasteiger charge is -2.16. The van der Waals surface area contributed by atoms with Gasteiger partial charge in [-0.3, -0.25) is 4.99 Å². The van der Waals surface area contributed by atoms with E-state index in [-0.39, 0.29) is 24.0 Å². The van der Waals surface area contributed by atoms with Gasteiger partial charge in [0.25, 0.3) is 10.0 Å². The molecule has 3 N–H and O–H groups in total. The molecule has 0 saturated carbocycles. The number of thiophene rings is 1. The molecule has 0 spiro atoms. The van der Waals surface area contributed by atoms with Gasteiger partial charge < -0.3 is 11.1 Å². The molecule has 0 unspecified atom stereocenters. The summed E-state index contributed by atoms with van der Waals surface area (Å²) in [5.74, 6) is 0.450. The van der Waals surface area contributed by atoms with Gasteiger partial charge in [0, 0.05) is 31.1 Å². The zero-order valence-electron chi connectivity index (χ0n) is 14.6. The molecule has 0 amide bonds. The Morgan fingerprint density at radius 3 is 2.54 bits per heavy atom. The lowest BCUT2D eigenvalue weighted by molar-refractivity contribution is 0.447. The van der Waals surface area contributed by atoms with E-state index in [0.717, 1.165) is 30.7 Å². The summed E-state index contributed by atoms with van der Waals surface area (Å²) in [6.45, 7) is 8.16. The summed E-state index contributed by atoms with van der Waals surface area (Å²) in [7, 11) is -3.35. The van der Waals surface area contributed by atoms with Crippen LogP contribution < -0.4 is 11.1 Å². The summed E-state index contributed by atoms with van der Waals surface area (Å²) >= 11 is 1.32. The number of hydrogen-bond acceptors (Lipinski definition) is 4. The number of sulfonamides is 1. The SMILES string of the molecule is CCCCN=C(N)NCCc1ccc(S(=O)(=O)N(CC)CC)s1.I. The molecule has 0 bridgehead atoms. The minimum atomic E-state index is -3.35. The van der Waals surface area contributed by atoms with Gasteiger partial charge in [0.1, 0.15) is 4.21 Å². The Morgan fingerprint density at radius 1 is 1.29 bits per heavy atom. The number of guanidine groups is 1. The summed E-state index contributed by atoms with van der Waals surface area (Å²) in [6, 6.07) is 3.56. The van der Waals surface area contributed by atoms with Crippen molar-refractivity contribution >= 4 is 51.3 Å². The molecule has 6 nitrogen and oxygen atoms in total. The van der Waals surface area contributed by atoms with Crippen molar-refractivity contribution in [3.05, 3.63) is 17.0 Å². The van der Waals surface area contributed by atoms with Gasteiger partial charge >= 0.3 is 0 Å². The zero-order valence-corrected chi connectivity index (χ0v) is 18.6. The third kappa shape index (κ3) is 7.24. The summed E-state index contributed by atoms with van der Waals surface area (Å²) in [5.41, 5.74) is 5.77. The first kappa shape index (κ1) is 23.6. The normalized spacial score (nSPS) is 12.2. The molecular weight excluding hydrogens is 459 g/mol. The molecule has 9 heteroatoms. The van der Waals surface area contributed by atoms with Gasteiger partial charge in [-0.2, -0.15) is 4.31 Å². The largest absolute Gasteiger partial charge is 0.370 e. The molecule has 0 saturated heterocycles. The number of unbranched alkanes of at least 4 members (excludes halogenated alkanes) is 1. The first-order chi connectivity index (χ1) is 11.0. The minimum Gasteiger partial charge on any atom is -0.370 e. The maximum atomic E-state index is 12.4. The maximum absolute atomic E-state index is 12.4. The monoisotopic (exact) mass is 488 g/mol. The van der Waals surface area contributed by atoms with Crippen molar-refractivity contribution in [3.63, 3.8) is 0 Å². The van der Waals surface area contributed by atoms with Crippen molar-refractivity contribution in [2.45, 2.75) is 44.2 Å². The molecule has 0 radical (unpaired) electrons. The number of rotatable bonds is 10. The van der Waals surface area contributed by atoms with Crippen LogP contribution in [0.2, 0.25) is 0 Å². The predicted octanol–water partition coefficient (Wildman–Crippen LogP) is 2.64. The van der Waals surface area contributed by atoms with Crippen molar-refractivity contribution in [2.75, 3.05) is 26.2 Å². The Hall–Kier alpha value is -0.390. The molecule has 140 valence electrons. The molecule has 0 fully saturated rings. The van der Waals surface area contributed by atoms with E-state index in [2.05, 4.69) is 17.2 Å². The van der Waals surface area contributed by atoms with E-state index in [0.29, 0.717) is 29.8 Å². The second kappa shape index (κ2) is 12.0. The molecule has 1 aromatic heterocycles. The van der Waals surface area contributed by atoms with Crippen molar-refractivity contribution in [1.29, 1.82) is 0 Å². The Kier molecular flexibility index (Phi) is 11.8. The number of nitrogens with two attached hydrogens (primary N) is 1. The quantitative estimate of drug-likeness (QED) is 0.230. The Morgan fingerprint density at radius 2 is 1.96 bits per heavy atom. The van der Waals surface area contributed by atoms with Gasteiger partial charge in [-0.05, 0) is 25.0 Å². The van der Waals surface area contributed by atoms with Crippen molar-refractivity contribution in [3.8, 4) is 0 Å². The topological polar surface area (TPSA) is 87.8 Å². The van der Waals surface area contributed by atoms with Gasteiger partial charge in [-0.15, -0.1) is 35.3 Å². The van der Waals surface area contributed by atoms with Crippen LogP contribution in [-0.4, -0.2) is 44.9 Å². The van der Waals surface area contributed by atoms with Crippen molar-refractivity contribution in [1.82, 2.24) is 9.62 Å². The van der Waals surface area contributed by atoms with Crippen molar-refractivity contribution < 1.29 is 8.42 Å². The van der Waals surface area contributed by atoms with Gasteiger partial charge in [-0.25, -0.2) is 8.42 Å². The smallest absolute Gasteiger partial charge is 0.252 e. The van der Waals surface area contributed by atoms with Crippen LogP contribution in [0.15, 0.2) is 21.3 Å². The molecule has 0 aliphatic carbocycles. The first-order valence-electron chi connectivity index (χ1n) is 8.08. The number of nitrogens with zero attached hydrogens (tertiary/aromatic N) is 2. The molecule has 0 aliphatic heterocycles. The predicted molar refractivity (Wildman–Crippen MR) is 113 cm³/mol. The highest BCUT2D eigenvalue weighted by atomic mass is 127. The second-order valence-corrected chi connectivity index (χ2v) is 8.44. The van der Waals surface area contributed by atoms with Crippen LogP contribution in [0.4, 0.5) is 0 Å². The molecule has 1 heterocycles. The van der Waals surface area contributed by atoms with Crippen LogP contribution in [0.5, 0.6) is 0 Å². The maximum Gasteiger partial charge on any atom is 0.252 e. The van der Waals surface area contributed by atoms with Crippen LogP contribution in [0.3, 0.4) is 0 Å². The number of nitrogens with one attached hydrogen (secondary N) is 1. The van der Waals surface area contributed by atoms with Gasteiger partial charge in [-0.1, -0.05) is 27.2 Å². The molecule has 0 aromatic carbocycles. The highest BCUT2D eigenvalue weighted by Crippen LogP contribution is 2.25. The second-order valence-electron chi connectivity index (χ2n) is 5.11. The van der Waals surface area contributed by atoms with Crippen LogP contribution in [-0.2, 0) is 16.4 Å². The summed E-state index contributed by atoms with van der Waals surface area (Å²) in [6.07, 6.45) is 2.85. The standard InChI is InChI=1S/C15H28N4O2S2.HI/c1-4-7-11-17-15(16)18-12-10-13-8-9-14(22-13)23(20,21)19(5-2)6-3;/h8-9H,4-7,10-12H2,1-3H3,(H3,16,17,18);1H. The third-order valence-electron chi connectivity index (χ3n) is 3.41. The van der Waals surface area contributed by atoms with Gasteiger partial charge in [0.2, 0.25) is 0 Å². The van der Waals surface area contributed by atoms with E-state index in [4.69, 9.17) is 5.73 Å². The highest BCUT2D eigenvalue weighted by Gasteiger charge is 2.23. The molecule has 1 rings (SSSR count). The van der Waals surface area contributed by atoms with Gasteiger partial charge in [0.15, 0.2) is 5.96 Å². The summed E-state index contributed by atoms with van der Waals surface area (Å²) < 4.78 is 26.7. The molecular formula is C15H29IN4O2S2. The lowest BCUT2D eigenvalue weighted by Crippen LogP contribution is -2.33. The average molecular weight is 488 g/mol. The number of aliphatic imine (C=N–C) groups is 1. The first-order valence-corrected chi connectivity index (χ1v) is 10.3. The van der Waals surface area contributed by atoms with Crippen LogP contribution in [0, 0.1) is 0 Å². The fourth-order valence-corrected chi connectivity index (χ4v) is 5.02. The van der Waals surface area contributed by atoms with Crippen LogP contribution in [0.25, 0.3) is 0 Å². The van der Waals surface area contributed by atoms with Gasteiger partial charge in [0.05, 0.1) is 0 Å². The van der Waals surface area contributed by atoms with E-state index in [1.165, 1.54) is 15.6 Å². The fraction of sp³-hybridized carbons (Fsp3) is 0.667. The number of halogens is 1. The Balaban J connectivity index is 0.00000529. The van der Waals surface area contributed by atoms with E-state index in [9.17, 15) is 8.42 Å².